The normalized spacial score (nSPS) is 17.9. The van der Waals surface area contributed by atoms with Crippen molar-refractivity contribution in [3.8, 4) is 16.9 Å². The van der Waals surface area contributed by atoms with Gasteiger partial charge in [0, 0.05) is 35.1 Å². The molecule has 6 rings (SSSR count). The summed E-state index contributed by atoms with van der Waals surface area (Å²) in [4.78, 5) is 23.7. The van der Waals surface area contributed by atoms with Gasteiger partial charge in [0.25, 0.3) is 0 Å². The van der Waals surface area contributed by atoms with Crippen LogP contribution in [-0.4, -0.2) is 43.2 Å². The van der Waals surface area contributed by atoms with Gasteiger partial charge in [-0.15, -0.1) is 0 Å². The highest BCUT2D eigenvalue weighted by Gasteiger charge is 2.30. The predicted molar refractivity (Wildman–Crippen MR) is 134 cm³/mol. The molecule has 180 valence electrons. The molecule has 0 spiro atoms. The van der Waals surface area contributed by atoms with E-state index in [-0.39, 0.29) is 5.41 Å². The zero-order chi connectivity index (χ0) is 24.2. The average Bonchev–Trinajstić information content (AvgIpc) is 3.16. The molecule has 8 heteroatoms. The number of aliphatic hydroxyl groups excluding tert-OH is 1. The monoisotopic (exact) mass is 470 g/mol. The Hall–Kier alpha value is -3.52. The molecular formula is C27H30N6O2. The van der Waals surface area contributed by atoms with Gasteiger partial charge in [-0.25, -0.2) is 19.9 Å². The second-order valence-corrected chi connectivity index (χ2v) is 10.4. The minimum absolute atomic E-state index is 0.256. The van der Waals surface area contributed by atoms with Crippen LogP contribution in [0.2, 0.25) is 0 Å². The lowest BCUT2D eigenvalue weighted by Crippen LogP contribution is -2.31. The van der Waals surface area contributed by atoms with Crippen molar-refractivity contribution in [3.05, 3.63) is 59.4 Å². The molecule has 3 aromatic heterocycles. The lowest BCUT2D eigenvalue weighted by atomic mass is 9.76. The zero-order valence-corrected chi connectivity index (χ0v) is 20.4. The minimum Gasteiger partial charge on any atom is -0.491 e. The largest absolute Gasteiger partial charge is 0.491 e. The van der Waals surface area contributed by atoms with Crippen molar-refractivity contribution in [2.45, 2.75) is 52.7 Å². The first kappa shape index (κ1) is 22.0. The number of nitrogens with one attached hydrogen (secondary N) is 1. The van der Waals surface area contributed by atoms with Gasteiger partial charge in [-0.2, -0.15) is 0 Å². The summed E-state index contributed by atoms with van der Waals surface area (Å²) in [5, 5.41) is 9.84. The Morgan fingerprint density at radius 1 is 1.14 bits per heavy atom. The maximum absolute atomic E-state index is 9.84. The summed E-state index contributed by atoms with van der Waals surface area (Å²) in [7, 11) is 0. The highest BCUT2D eigenvalue weighted by atomic mass is 16.5. The fourth-order valence-electron chi connectivity index (χ4n) is 5.16. The average molecular weight is 471 g/mol. The van der Waals surface area contributed by atoms with Crippen LogP contribution >= 0.6 is 0 Å². The number of aromatic nitrogens is 5. The maximum atomic E-state index is 9.84. The predicted octanol–water partition coefficient (Wildman–Crippen LogP) is 4.38. The highest BCUT2D eigenvalue weighted by Crippen LogP contribution is 2.39. The Morgan fingerprint density at radius 2 is 2.03 bits per heavy atom. The summed E-state index contributed by atoms with van der Waals surface area (Å²) in [6, 6.07) is 8.32. The zero-order valence-electron chi connectivity index (χ0n) is 20.4. The Morgan fingerprint density at radius 3 is 2.89 bits per heavy atom. The van der Waals surface area contributed by atoms with E-state index in [0.717, 1.165) is 66.1 Å². The van der Waals surface area contributed by atoms with E-state index in [9.17, 15) is 5.11 Å². The second kappa shape index (κ2) is 8.30. The molecule has 1 aliphatic heterocycles. The third-order valence-corrected chi connectivity index (χ3v) is 7.13. The van der Waals surface area contributed by atoms with Crippen LogP contribution in [0.15, 0.2) is 36.8 Å². The number of anilines is 1. The van der Waals surface area contributed by atoms with Gasteiger partial charge in [-0.1, -0.05) is 19.9 Å². The summed E-state index contributed by atoms with van der Waals surface area (Å²) in [5.41, 5.74) is 7.30. The van der Waals surface area contributed by atoms with E-state index in [1.807, 2.05) is 18.3 Å². The molecule has 0 amide bonds. The van der Waals surface area contributed by atoms with Gasteiger partial charge < -0.3 is 19.7 Å². The van der Waals surface area contributed by atoms with Crippen molar-refractivity contribution in [1.29, 1.82) is 0 Å². The van der Waals surface area contributed by atoms with Crippen LogP contribution in [0, 0.1) is 5.41 Å². The molecule has 35 heavy (non-hydrogen) atoms. The lowest BCUT2D eigenvalue weighted by molar-refractivity contribution is 0.190. The standard InChI is InChI=1S/C27H30N6O2/c1-16(34)24-31-22-11-18(13-28-25(22)32-24)17-4-5-23-19(10-17)14-33(8-9-35-23)26-20-12-27(2,3)7-6-21(20)29-15-30-26/h4-5,10-11,13,15-16,34H,6-9,12,14H2,1-3H3,(H,28,31,32). The smallest absolute Gasteiger partial charge is 0.177 e. The van der Waals surface area contributed by atoms with E-state index < -0.39 is 6.10 Å². The van der Waals surface area contributed by atoms with E-state index in [2.05, 4.69) is 50.8 Å². The number of aryl methyl sites for hydroxylation is 1. The van der Waals surface area contributed by atoms with Gasteiger partial charge >= 0.3 is 0 Å². The van der Waals surface area contributed by atoms with E-state index >= 15 is 0 Å². The number of aliphatic hydroxyl groups is 1. The Labute approximate surface area is 204 Å². The van der Waals surface area contributed by atoms with Crippen LogP contribution in [0.1, 0.15) is 55.9 Å². The molecule has 1 atom stereocenters. The van der Waals surface area contributed by atoms with Gasteiger partial charge in [-0.3, -0.25) is 0 Å². The Balaban J connectivity index is 1.34. The van der Waals surface area contributed by atoms with E-state index in [1.165, 1.54) is 11.3 Å². The summed E-state index contributed by atoms with van der Waals surface area (Å²) in [6.07, 6.45) is 6.02. The topological polar surface area (TPSA) is 100 Å². The number of imidazole rings is 1. The molecule has 0 saturated heterocycles. The van der Waals surface area contributed by atoms with Crippen LogP contribution < -0.4 is 9.64 Å². The van der Waals surface area contributed by atoms with E-state index in [1.54, 1.807) is 13.3 Å². The van der Waals surface area contributed by atoms with Crippen LogP contribution in [0.5, 0.6) is 5.75 Å². The second-order valence-electron chi connectivity index (χ2n) is 10.4. The van der Waals surface area contributed by atoms with E-state index in [0.29, 0.717) is 18.1 Å². The maximum Gasteiger partial charge on any atom is 0.177 e. The van der Waals surface area contributed by atoms with Crippen LogP contribution in [-0.2, 0) is 19.4 Å². The molecule has 1 unspecified atom stereocenters. The van der Waals surface area contributed by atoms with Crippen molar-refractivity contribution < 1.29 is 9.84 Å². The fourth-order valence-corrected chi connectivity index (χ4v) is 5.16. The van der Waals surface area contributed by atoms with Crippen molar-refractivity contribution in [3.63, 3.8) is 0 Å². The summed E-state index contributed by atoms with van der Waals surface area (Å²) < 4.78 is 6.13. The molecule has 0 bridgehead atoms. The first-order valence-electron chi connectivity index (χ1n) is 12.2. The molecule has 2 aliphatic rings. The number of hydrogen-bond donors (Lipinski definition) is 2. The number of pyridine rings is 1. The first-order chi connectivity index (χ1) is 16.9. The quantitative estimate of drug-likeness (QED) is 0.458. The number of H-pyrrole nitrogens is 1. The molecule has 0 radical (unpaired) electrons. The lowest BCUT2D eigenvalue weighted by Gasteiger charge is -2.33. The van der Waals surface area contributed by atoms with Crippen LogP contribution in [0.25, 0.3) is 22.3 Å². The Kier molecular flexibility index (Phi) is 5.21. The highest BCUT2D eigenvalue weighted by molar-refractivity contribution is 5.78. The summed E-state index contributed by atoms with van der Waals surface area (Å²) in [5.74, 6) is 2.47. The molecule has 1 aliphatic carbocycles. The van der Waals surface area contributed by atoms with E-state index in [4.69, 9.17) is 9.72 Å². The van der Waals surface area contributed by atoms with Gasteiger partial charge in [0.1, 0.15) is 36.4 Å². The molecule has 8 nitrogen and oxygen atoms in total. The first-order valence-corrected chi connectivity index (χ1v) is 12.2. The van der Waals surface area contributed by atoms with Gasteiger partial charge in [0.15, 0.2) is 5.65 Å². The number of rotatable bonds is 3. The molecule has 4 heterocycles. The third kappa shape index (κ3) is 4.12. The number of benzene rings is 1. The molecule has 1 aromatic carbocycles. The fraction of sp³-hybridized carbons (Fsp3) is 0.407. The SMILES string of the molecule is CC(O)c1nc2ncc(-c3ccc4c(c3)CN(c3ncnc5c3CC(C)(C)CC5)CCO4)cc2[nH]1. The van der Waals surface area contributed by atoms with Crippen molar-refractivity contribution >= 4 is 17.0 Å². The molecular weight excluding hydrogens is 440 g/mol. The Bertz CT molecular complexity index is 1410. The third-order valence-electron chi connectivity index (χ3n) is 7.13. The number of nitrogens with zero attached hydrogens (tertiary/aromatic N) is 5. The molecule has 4 aromatic rings. The minimum atomic E-state index is -0.665. The van der Waals surface area contributed by atoms with Gasteiger partial charge in [0.2, 0.25) is 0 Å². The molecule has 2 N–H and O–H groups in total. The number of fused-ring (bicyclic) bond motifs is 3. The van der Waals surface area contributed by atoms with Crippen LogP contribution in [0.4, 0.5) is 5.82 Å². The summed E-state index contributed by atoms with van der Waals surface area (Å²) in [6.45, 7) is 8.45. The van der Waals surface area contributed by atoms with Crippen LogP contribution in [0.3, 0.4) is 0 Å². The van der Waals surface area contributed by atoms with Gasteiger partial charge in [-0.05, 0) is 55.4 Å². The van der Waals surface area contributed by atoms with Crippen molar-refractivity contribution in [1.82, 2.24) is 24.9 Å². The summed E-state index contributed by atoms with van der Waals surface area (Å²) >= 11 is 0. The number of hydrogen-bond acceptors (Lipinski definition) is 7. The number of ether oxygens (including phenoxy) is 1. The number of aromatic amines is 1. The van der Waals surface area contributed by atoms with Crippen molar-refractivity contribution in [2.24, 2.45) is 5.41 Å². The van der Waals surface area contributed by atoms with Crippen molar-refractivity contribution in [2.75, 3.05) is 18.1 Å². The molecule has 0 saturated carbocycles. The van der Waals surface area contributed by atoms with Gasteiger partial charge in [0.05, 0.1) is 12.1 Å². The molecule has 0 fully saturated rings.